The fourth-order valence-electron chi connectivity index (χ4n) is 10.0. The third kappa shape index (κ3) is 23.6. The maximum atomic E-state index is 13.5. The molecule has 528 valence electrons. The molecule has 0 radical (unpaired) electrons. The number of rotatable bonds is 40. The minimum absolute atomic E-state index is 0.0810. The van der Waals surface area contributed by atoms with E-state index in [0.29, 0.717) is 44.5 Å². The van der Waals surface area contributed by atoms with E-state index < -0.39 is 124 Å². The SMILES string of the molecule is CC1c2cc(c(OCC(=O)NCCN)cc2OCC(=O)NCCN)C(C)c2cc(c(OCC(=O)NCCN)cc2OCC(=O)NCCN)C(C)c2cc(c(OCC(=O)NCCN)cc2OCC(=O)NCCN)C(C)c2cc1c(OCC(=O)NCCN)cc2OCC(=O)NCCN. The lowest BCUT2D eigenvalue weighted by Gasteiger charge is -2.29. The minimum Gasteiger partial charge on any atom is -0.483 e. The Balaban J connectivity index is 2.08. The van der Waals surface area contributed by atoms with Gasteiger partial charge in [0.25, 0.3) is 47.3 Å². The Morgan fingerprint density at radius 1 is 0.240 bits per heavy atom. The molecule has 24 N–H and O–H groups in total. The molecule has 5 rings (SSSR count). The summed E-state index contributed by atoms with van der Waals surface area (Å²) in [5.41, 5.74) is 49.1. The number of hydrogen-bond donors (Lipinski definition) is 16. The third-order valence-electron chi connectivity index (χ3n) is 14.9. The predicted octanol–water partition coefficient (Wildman–Crippen LogP) is -3.76. The summed E-state index contributed by atoms with van der Waals surface area (Å²) in [6.07, 6.45) is 0. The Kier molecular flexibility index (Phi) is 32.9. The van der Waals surface area contributed by atoms with Gasteiger partial charge in [0.15, 0.2) is 52.9 Å². The first-order valence-corrected chi connectivity index (χ1v) is 31.7. The zero-order valence-corrected chi connectivity index (χ0v) is 55.0. The number of benzene rings is 4. The summed E-state index contributed by atoms with van der Waals surface area (Å²) in [6.45, 7) is 4.97. The first-order chi connectivity index (χ1) is 46.2. The van der Waals surface area contributed by atoms with Gasteiger partial charge < -0.3 is 126 Å². The molecule has 0 spiro atoms. The van der Waals surface area contributed by atoms with Crippen LogP contribution in [0.2, 0.25) is 0 Å². The zero-order chi connectivity index (χ0) is 70.1. The van der Waals surface area contributed by atoms with Crippen LogP contribution in [-0.2, 0) is 38.4 Å². The smallest absolute Gasteiger partial charge is 0.257 e. The molecule has 0 aliphatic heterocycles. The molecule has 0 saturated carbocycles. The van der Waals surface area contributed by atoms with Crippen LogP contribution < -0.4 is 126 Å². The van der Waals surface area contributed by atoms with Gasteiger partial charge in [-0.2, -0.15) is 0 Å². The summed E-state index contributed by atoms with van der Waals surface area (Å²) < 4.78 is 51.7. The van der Waals surface area contributed by atoms with E-state index in [1.807, 2.05) is 27.7 Å². The lowest BCUT2D eigenvalue weighted by molar-refractivity contribution is -0.123. The van der Waals surface area contributed by atoms with E-state index in [4.69, 9.17) is 83.8 Å². The van der Waals surface area contributed by atoms with Crippen LogP contribution in [0, 0.1) is 0 Å². The molecule has 1 aliphatic rings. The van der Waals surface area contributed by atoms with Crippen molar-refractivity contribution < 1.29 is 76.3 Å². The standard InChI is InChI=1S/C64H96N16O16/c1-37-41-21-43(51(91-31-59(83)75-15-7-67)25-49(41)89-29-57(81)73-13-5-65)38(2)45-23-47(55(95-35-63(87)79-19-11-71)27-53(45)93-33-61(85)77-17-9-69)40(4)48-24-46(54(94-34-62(86)78-18-10-70)28-56(48)96-36-64(88)80-20-12-72)39(3)44-22-42(37)50(90-30-58(82)74-14-6-66)26-52(44)92-32-60(84)76-16-8-68/h21-28,37-40H,5-20,29-36,65-72H2,1-4H3,(H,73,81)(H,74,82)(H,75,83)(H,76,84)(H,77,85)(H,78,86)(H,79,87)(H,80,88). The van der Waals surface area contributed by atoms with Crippen LogP contribution in [0.3, 0.4) is 0 Å². The van der Waals surface area contributed by atoms with Crippen LogP contribution in [0.1, 0.15) is 95.9 Å². The van der Waals surface area contributed by atoms with E-state index >= 15 is 0 Å². The number of nitrogens with two attached hydrogens (primary N) is 8. The van der Waals surface area contributed by atoms with Gasteiger partial charge in [-0.15, -0.1) is 0 Å². The van der Waals surface area contributed by atoms with Gasteiger partial charge in [-0.3, -0.25) is 38.4 Å². The number of carbonyl (C=O) groups is 8. The van der Waals surface area contributed by atoms with E-state index in [1.54, 1.807) is 24.3 Å². The second kappa shape index (κ2) is 40.9. The molecule has 0 heterocycles. The average Bonchev–Trinajstić information content (AvgIpc) is 0.762. The maximum Gasteiger partial charge on any atom is 0.257 e. The normalized spacial score (nSPS) is 14.5. The van der Waals surface area contributed by atoms with Gasteiger partial charge in [0.1, 0.15) is 46.0 Å². The van der Waals surface area contributed by atoms with Crippen LogP contribution >= 0.6 is 0 Å². The molecule has 1 aliphatic carbocycles. The molecule has 0 unspecified atom stereocenters. The Hall–Kier alpha value is -9.28. The molecular formula is C64H96N16O16. The predicted molar refractivity (Wildman–Crippen MR) is 356 cm³/mol. The van der Waals surface area contributed by atoms with Crippen LogP contribution in [0.5, 0.6) is 46.0 Å². The summed E-state index contributed by atoms with van der Waals surface area (Å²) in [6, 6.07) is 13.1. The molecule has 8 amide bonds. The summed E-state index contributed by atoms with van der Waals surface area (Å²) in [7, 11) is 0. The number of hydrogen-bond acceptors (Lipinski definition) is 24. The second-order valence-corrected chi connectivity index (χ2v) is 22.0. The Morgan fingerprint density at radius 2 is 0.354 bits per heavy atom. The minimum atomic E-state index is -0.889. The molecule has 8 bridgehead atoms. The molecule has 32 nitrogen and oxygen atoms in total. The molecule has 96 heavy (non-hydrogen) atoms. The highest BCUT2D eigenvalue weighted by molar-refractivity contribution is 5.81. The second-order valence-electron chi connectivity index (χ2n) is 22.0. The van der Waals surface area contributed by atoms with Gasteiger partial charge in [-0.25, -0.2) is 0 Å². The quantitative estimate of drug-likeness (QED) is 0.0203. The van der Waals surface area contributed by atoms with Crippen molar-refractivity contribution in [3.63, 3.8) is 0 Å². The Bertz CT molecular complexity index is 2660. The lowest BCUT2D eigenvalue weighted by atomic mass is 9.80. The van der Waals surface area contributed by atoms with E-state index in [2.05, 4.69) is 42.5 Å². The van der Waals surface area contributed by atoms with Gasteiger partial charge in [0.05, 0.1) is 0 Å². The fraction of sp³-hybridized carbons (Fsp3) is 0.500. The van der Waals surface area contributed by atoms with E-state index in [-0.39, 0.29) is 151 Å². The molecule has 0 aromatic heterocycles. The van der Waals surface area contributed by atoms with Gasteiger partial charge in [-0.1, -0.05) is 27.7 Å². The number of carbonyl (C=O) groups excluding carboxylic acids is 8. The van der Waals surface area contributed by atoms with Crippen molar-refractivity contribution >= 4 is 47.3 Å². The highest BCUT2D eigenvalue weighted by Gasteiger charge is 2.33. The highest BCUT2D eigenvalue weighted by atomic mass is 16.5. The first-order valence-electron chi connectivity index (χ1n) is 31.7. The summed E-state index contributed by atoms with van der Waals surface area (Å²) in [4.78, 5) is 108. The largest absolute Gasteiger partial charge is 0.483 e. The molecule has 4 aromatic rings. The van der Waals surface area contributed by atoms with Crippen LogP contribution in [0.4, 0.5) is 0 Å². The maximum absolute atomic E-state index is 13.5. The van der Waals surface area contributed by atoms with Gasteiger partial charge in [-0.05, 0) is 24.3 Å². The summed E-state index contributed by atoms with van der Waals surface area (Å²) in [5, 5.41) is 21.7. The molecule has 0 saturated heterocycles. The van der Waals surface area contributed by atoms with Gasteiger partial charge in [0, 0.05) is 197 Å². The third-order valence-corrected chi connectivity index (χ3v) is 14.9. The number of fused-ring (bicyclic) bond motifs is 8. The van der Waals surface area contributed by atoms with Crippen molar-refractivity contribution in [2.45, 2.75) is 51.4 Å². The van der Waals surface area contributed by atoms with Gasteiger partial charge >= 0.3 is 0 Å². The fourth-order valence-corrected chi connectivity index (χ4v) is 10.0. The summed E-state index contributed by atoms with van der Waals surface area (Å²) in [5.74, 6) is -7.17. The van der Waals surface area contributed by atoms with E-state index in [1.165, 1.54) is 24.3 Å². The monoisotopic (exact) mass is 1340 g/mol. The first kappa shape index (κ1) is 77.4. The highest BCUT2D eigenvalue weighted by Crippen LogP contribution is 2.51. The lowest BCUT2D eigenvalue weighted by Crippen LogP contribution is -2.33. The molecular weight excluding hydrogens is 1250 g/mol. The van der Waals surface area contributed by atoms with Crippen molar-refractivity contribution in [3.05, 3.63) is 93.0 Å². The molecule has 0 atom stereocenters. The van der Waals surface area contributed by atoms with E-state index in [0.717, 1.165) is 0 Å². The average molecular weight is 1350 g/mol. The van der Waals surface area contributed by atoms with Crippen molar-refractivity contribution in [2.24, 2.45) is 45.9 Å². The number of ether oxygens (including phenoxy) is 8. The van der Waals surface area contributed by atoms with E-state index in [9.17, 15) is 38.4 Å². The molecule has 32 heteroatoms. The molecule has 0 fully saturated rings. The Labute approximate surface area is 558 Å². The number of nitrogens with one attached hydrogen (secondary N) is 8. The summed E-state index contributed by atoms with van der Waals surface area (Å²) >= 11 is 0. The van der Waals surface area contributed by atoms with Crippen LogP contribution in [0.25, 0.3) is 0 Å². The molecule has 4 aromatic carbocycles. The van der Waals surface area contributed by atoms with Crippen molar-refractivity contribution in [1.82, 2.24) is 42.5 Å². The topological polar surface area (TPSA) is 515 Å². The van der Waals surface area contributed by atoms with Gasteiger partial charge in [0.2, 0.25) is 0 Å². The van der Waals surface area contributed by atoms with Crippen LogP contribution in [-0.4, -0.2) is 205 Å². The zero-order valence-electron chi connectivity index (χ0n) is 55.0. The van der Waals surface area contributed by atoms with Crippen molar-refractivity contribution in [1.29, 1.82) is 0 Å². The van der Waals surface area contributed by atoms with Crippen molar-refractivity contribution in [2.75, 3.05) is 158 Å². The van der Waals surface area contributed by atoms with Crippen LogP contribution in [0.15, 0.2) is 48.5 Å². The Morgan fingerprint density at radius 3 is 0.458 bits per heavy atom. The van der Waals surface area contributed by atoms with Crippen molar-refractivity contribution in [3.8, 4) is 46.0 Å². The number of amides is 8.